The molecule has 108 valence electrons. The zero-order chi connectivity index (χ0) is 15.1. The molecule has 2 amide bonds. The first-order chi connectivity index (χ1) is 9.47. The van der Waals surface area contributed by atoms with E-state index in [2.05, 4.69) is 11.9 Å². The molecular weight excluding hydrogens is 284 g/mol. The quantitative estimate of drug-likeness (QED) is 0.701. The Morgan fingerprint density at radius 2 is 2.10 bits per heavy atom. The van der Waals surface area contributed by atoms with E-state index >= 15 is 0 Å². The van der Waals surface area contributed by atoms with Gasteiger partial charge < -0.3 is 20.4 Å². The number of carbonyl (C=O) groups is 2. The fourth-order valence-corrected chi connectivity index (χ4v) is 1.78. The van der Waals surface area contributed by atoms with Crippen LogP contribution in [0.4, 0.5) is 10.5 Å². The number of hydrogen-bond acceptors (Lipinski definition) is 3. The van der Waals surface area contributed by atoms with Crippen LogP contribution in [0.2, 0.25) is 5.02 Å². The number of hydrogen-bond donors (Lipinski definition) is 3. The van der Waals surface area contributed by atoms with Crippen LogP contribution in [-0.2, 0) is 0 Å². The first-order valence-corrected chi connectivity index (χ1v) is 6.17. The van der Waals surface area contributed by atoms with Crippen LogP contribution in [0.1, 0.15) is 10.4 Å². The lowest BCUT2D eigenvalue weighted by molar-refractivity contribution is 0.0697. The first kappa shape index (κ1) is 16.0. The third-order valence-corrected chi connectivity index (χ3v) is 2.62. The zero-order valence-electron chi connectivity index (χ0n) is 10.7. The Hall–Kier alpha value is -2.05. The normalized spacial score (nSPS) is 9.90. The van der Waals surface area contributed by atoms with Gasteiger partial charge in [0.2, 0.25) is 0 Å². The Morgan fingerprint density at radius 3 is 2.65 bits per heavy atom. The summed E-state index contributed by atoms with van der Waals surface area (Å²) in [6.07, 6.45) is 1.52. The second kappa shape index (κ2) is 7.52. The van der Waals surface area contributed by atoms with Crippen molar-refractivity contribution in [1.29, 1.82) is 0 Å². The number of urea groups is 1. The average Bonchev–Trinajstić information content (AvgIpc) is 2.37. The molecule has 0 saturated heterocycles. The highest BCUT2D eigenvalue weighted by Crippen LogP contribution is 2.19. The maximum absolute atomic E-state index is 12.0. The molecule has 3 N–H and O–H groups in total. The average molecular weight is 299 g/mol. The van der Waals surface area contributed by atoms with Gasteiger partial charge in [0, 0.05) is 23.8 Å². The van der Waals surface area contributed by atoms with Gasteiger partial charge in [-0.1, -0.05) is 17.7 Å². The molecule has 1 aromatic rings. The van der Waals surface area contributed by atoms with Crippen LogP contribution in [0, 0.1) is 0 Å². The number of benzene rings is 1. The number of aliphatic hydroxyl groups is 1. The number of aromatic carboxylic acids is 1. The summed E-state index contributed by atoms with van der Waals surface area (Å²) in [5.41, 5.74) is 0.247. The van der Waals surface area contributed by atoms with E-state index in [0.717, 1.165) is 0 Å². The molecule has 0 radical (unpaired) electrons. The SMILES string of the molecule is C=CCN(CCO)C(=O)Nc1cc(Cl)cc(C(=O)O)c1. The highest BCUT2D eigenvalue weighted by atomic mass is 35.5. The Morgan fingerprint density at radius 1 is 1.40 bits per heavy atom. The minimum Gasteiger partial charge on any atom is -0.478 e. The molecule has 1 rings (SSSR count). The molecule has 0 unspecified atom stereocenters. The van der Waals surface area contributed by atoms with Crippen molar-refractivity contribution in [3.63, 3.8) is 0 Å². The number of nitrogens with one attached hydrogen (secondary N) is 1. The van der Waals surface area contributed by atoms with Crippen molar-refractivity contribution in [2.24, 2.45) is 0 Å². The van der Waals surface area contributed by atoms with Crippen LogP contribution in [0.5, 0.6) is 0 Å². The monoisotopic (exact) mass is 298 g/mol. The molecule has 0 aliphatic heterocycles. The van der Waals surface area contributed by atoms with Gasteiger partial charge in [-0.15, -0.1) is 6.58 Å². The molecule has 0 heterocycles. The second-order valence-corrected chi connectivity index (χ2v) is 4.36. The maximum Gasteiger partial charge on any atom is 0.335 e. The van der Waals surface area contributed by atoms with Crippen molar-refractivity contribution in [3.05, 3.63) is 41.4 Å². The standard InChI is InChI=1S/C13H15ClN2O4/c1-2-3-16(4-5-17)13(20)15-11-7-9(12(18)19)6-10(14)8-11/h2,6-8,17H,1,3-5H2,(H,15,20)(H,18,19). The highest BCUT2D eigenvalue weighted by molar-refractivity contribution is 6.31. The van der Waals surface area contributed by atoms with E-state index in [1.165, 1.54) is 29.2 Å². The van der Waals surface area contributed by atoms with E-state index in [1.807, 2.05) is 0 Å². The summed E-state index contributed by atoms with van der Waals surface area (Å²) in [5, 5.41) is 20.5. The first-order valence-electron chi connectivity index (χ1n) is 5.79. The largest absolute Gasteiger partial charge is 0.478 e. The van der Waals surface area contributed by atoms with Crippen molar-refractivity contribution >= 4 is 29.3 Å². The van der Waals surface area contributed by atoms with E-state index in [-0.39, 0.29) is 36.0 Å². The number of aliphatic hydroxyl groups excluding tert-OH is 1. The van der Waals surface area contributed by atoms with Gasteiger partial charge in [-0.25, -0.2) is 9.59 Å². The fraction of sp³-hybridized carbons (Fsp3) is 0.231. The number of halogens is 1. The van der Waals surface area contributed by atoms with Gasteiger partial charge in [0.25, 0.3) is 0 Å². The summed E-state index contributed by atoms with van der Waals surface area (Å²) in [6, 6.07) is 3.56. The maximum atomic E-state index is 12.0. The summed E-state index contributed by atoms with van der Waals surface area (Å²) in [4.78, 5) is 24.2. The highest BCUT2D eigenvalue weighted by Gasteiger charge is 2.13. The number of carboxylic acids is 1. The zero-order valence-corrected chi connectivity index (χ0v) is 11.4. The van der Waals surface area contributed by atoms with Gasteiger partial charge >= 0.3 is 12.0 Å². The van der Waals surface area contributed by atoms with Crippen LogP contribution < -0.4 is 5.32 Å². The number of rotatable bonds is 6. The molecule has 0 bridgehead atoms. The predicted octanol–water partition coefficient (Wildman–Crippen LogP) is 2.05. The molecule has 0 aliphatic rings. The molecule has 0 aliphatic carbocycles. The van der Waals surface area contributed by atoms with E-state index in [0.29, 0.717) is 0 Å². The fourth-order valence-electron chi connectivity index (χ4n) is 1.54. The number of nitrogens with zero attached hydrogens (tertiary/aromatic N) is 1. The third-order valence-electron chi connectivity index (χ3n) is 2.40. The Kier molecular flexibility index (Phi) is 6.02. The summed E-state index contributed by atoms with van der Waals surface area (Å²) < 4.78 is 0. The summed E-state index contributed by atoms with van der Waals surface area (Å²) in [5.74, 6) is -1.14. The molecule has 0 fully saturated rings. The summed E-state index contributed by atoms with van der Waals surface area (Å²) >= 11 is 5.80. The van der Waals surface area contributed by atoms with Gasteiger partial charge in [-0.2, -0.15) is 0 Å². The Bertz CT molecular complexity index is 519. The topological polar surface area (TPSA) is 89.9 Å². The van der Waals surface area contributed by atoms with Crippen LogP contribution in [0.25, 0.3) is 0 Å². The minimum atomic E-state index is -1.14. The lowest BCUT2D eigenvalue weighted by Crippen LogP contribution is -2.37. The van der Waals surface area contributed by atoms with Crippen molar-refractivity contribution < 1.29 is 19.8 Å². The molecule has 6 nitrogen and oxygen atoms in total. The lowest BCUT2D eigenvalue weighted by atomic mass is 10.2. The van der Waals surface area contributed by atoms with Crippen molar-refractivity contribution in [1.82, 2.24) is 4.90 Å². The van der Waals surface area contributed by atoms with Gasteiger partial charge in [0.1, 0.15) is 0 Å². The van der Waals surface area contributed by atoms with Gasteiger partial charge in [-0.05, 0) is 18.2 Å². The second-order valence-electron chi connectivity index (χ2n) is 3.92. The molecule has 0 spiro atoms. The summed E-state index contributed by atoms with van der Waals surface area (Å²) in [6.45, 7) is 3.74. The lowest BCUT2D eigenvalue weighted by Gasteiger charge is -2.20. The van der Waals surface area contributed by atoms with Crippen LogP contribution in [0.15, 0.2) is 30.9 Å². The Balaban J connectivity index is 2.88. The van der Waals surface area contributed by atoms with Crippen LogP contribution >= 0.6 is 11.6 Å². The van der Waals surface area contributed by atoms with E-state index in [1.54, 1.807) is 0 Å². The van der Waals surface area contributed by atoms with Crippen LogP contribution in [-0.4, -0.2) is 46.8 Å². The van der Waals surface area contributed by atoms with Crippen molar-refractivity contribution in [3.8, 4) is 0 Å². The van der Waals surface area contributed by atoms with Crippen LogP contribution in [0.3, 0.4) is 0 Å². The molecule has 1 aromatic carbocycles. The molecule has 20 heavy (non-hydrogen) atoms. The minimum absolute atomic E-state index is 0.0229. The third kappa shape index (κ3) is 4.56. The number of amides is 2. The molecule has 7 heteroatoms. The Labute approximate surface area is 121 Å². The predicted molar refractivity (Wildman–Crippen MR) is 76.3 cm³/mol. The van der Waals surface area contributed by atoms with Gasteiger partial charge in [0.15, 0.2) is 0 Å². The number of carbonyl (C=O) groups excluding carboxylic acids is 1. The van der Waals surface area contributed by atoms with E-state index < -0.39 is 12.0 Å². The van der Waals surface area contributed by atoms with Gasteiger partial charge in [-0.3, -0.25) is 0 Å². The molecule has 0 saturated carbocycles. The number of carboxylic acid groups (broad SMARTS) is 1. The molecule has 0 aromatic heterocycles. The van der Waals surface area contributed by atoms with E-state index in [4.69, 9.17) is 21.8 Å². The van der Waals surface area contributed by atoms with E-state index in [9.17, 15) is 9.59 Å². The van der Waals surface area contributed by atoms with Crippen molar-refractivity contribution in [2.45, 2.75) is 0 Å². The van der Waals surface area contributed by atoms with Gasteiger partial charge in [0.05, 0.1) is 12.2 Å². The summed E-state index contributed by atoms with van der Waals surface area (Å²) in [7, 11) is 0. The number of anilines is 1. The smallest absolute Gasteiger partial charge is 0.335 e. The van der Waals surface area contributed by atoms with Crippen molar-refractivity contribution in [2.75, 3.05) is 25.0 Å². The molecular formula is C13H15ClN2O4. The molecule has 0 atom stereocenters.